The Balaban J connectivity index is 0.00000162. The Labute approximate surface area is 115 Å². The summed E-state index contributed by atoms with van der Waals surface area (Å²) < 4.78 is 5.62. The van der Waals surface area contributed by atoms with Crippen LogP contribution in [0.3, 0.4) is 0 Å². The van der Waals surface area contributed by atoms with E-state index in [1.807, 2.05) is 20.8 Å². The van der Waals surface area contributed by atoms with Crippen molar-refractivity contribution in [3.63, 3.8) is 0 Å². The molecule has 0 bridgehead atoms. The van der Waals surface area contributed by atoms with Gasteiger partial charge >= 0.3 is 0 Å². The van der Waals surface area contributed by atoms with Crippen molar-refractivity contribution in [1.82, 2.24) is 5.32 Å². The monoisotopic (exact) mass is 276 g/mol. The van der Waals surface area contributed by atoms with Crippen molar-refractivity contribution in [3.05, 3.63) is 0 Å². The van der Waals surface area contributed by atoms with Gasteiger partial charge in [0.05, 0.1) is 6.10 Å². The van der Waals surface area contributed by atoms with Crippen molar-refractivity contribution in [2.75, 3.05) is 6.61 Å². The Hall–Kier alpha value is -0.320. The standard InChI is InChI=1S/C13H24N2O2.ClH/c1-5-17-10-7-13(14,12(10,3)4)11(16)15-9-6-8(9)2;/h8-10H,5-7,14H2,1-4H3,(H,15,16);1H. The summed E-state index contributed by atoms with van der Waals surface area (Å²) in [7, 11) is 0. The van der Waals surface area contributed by atoms with Gasteiger partial charge in [-0.15, -0.1) is 12.4 Å². The normalized spacial score (nSPS) is 40.4. The van der Waals surface area contributed by atoms with Gasteiger partial charge in [-0.2, -0.15) is 0 Å². The molecule has 0 radical (unpaired) electrons. The molecule has 18 heavy (non-hydrogen) atoms. The average molecular weight is 277 g/mol. The summed E-state index contributed by atoms with van der Waals surface area (Å²) >= 11 is 0. The maximum Gasteiger partial charge on any atom is 0.241 e. The molecule has 0 aromatic heterocycles. The molecule has 4 nitrogen and oxygen atoms in total. The topological polar surface area (TPSA) is 64.3 Å². The first-order chi connectivity index (χ1) is 7.83. The quantitative estimate of drug-likeness (QED) is 0.817. The fraction of sp³-hybridized carbons (Fsp3) is 0.923. The van der Waals surface area contributed by atoms with E-state index in [9.17, 15) is 4.79 Å². The van der Waals surface area contributed by atoms with Crippen LogP contribution in [0.15, 0.2) is 0 Å². The molecular formula is C13H25ClN2O2. The predicted molar refractivity (Wildman–Crippen MR) is 73.7 cm³/mol. The van der Waals surface area contributed by atoms with Gasteiger partial charge < -0.3 is 15.8 Å². The summed E-state index contributed by atoms with van der Waals surface area (Å²) in [5.74, 6) is 0.598. The summed E-state index contributed by atoms with van der Waals surface area (Å²) in [5.41, 5.74) is 5.22. The molecule has 0 aromatic rings. The van der Waals surface area contributed by atoms with E-state index in [2.05, 4.69) is 12.2 Å². The fourth-order valence-corrected chi connectivity index (χ4v) is 2.64. The number of nitrogens with one attached hydrogen (secondary N) is 1. The molecule has 1 amide bonds. The Morgan fingerprint density at radius 2 is 2.06 bits per heavy atom. The van der Waals surface area contributed by atoms with Crippen molar-refractivity contribution in [2.45, 2.75) is 58.2 Å². The van der Waals surface area contributed by atoms with Gasteiger partial charge in [0.25, 0.3) is 0 Å². The zero-order valence-electron chi connectivity index (χ0n) is 11.7. The third-order valence-electron chi connectivity index (χ3n) is 4.66. The number of halogens is 1. The van der Waals surface area contributed by atoms with Crippen molar-refractivity contribution in [1.29, 1.82) is 0 Å². The van der Waals surface area contributed by atoms with Gasteiger partial charge in [0.1, 0.15) is 5.54 Å². The molecular weight excluding hydrogens is 252 g/mol. The van der Waals surface area contributed by atoms with Crippen LogP contribution in [0.25, 0.3) is 0 Å². The molecule has 0 spiro atoms. The summed E-state index contributed by atoms with van der Waals surface area (Å²) in [5, 5.41) is 3.04. The summed E-state index contributed by atoms with van der Waals surface area (Å²) in [6.07, 6.45) is 1.80. The highest BCUT2D eigenvalue weighted by molar-refractivity contribution is 5.89. The van der Waals surface area contributed by atoms with E-state index in [0.717, 1.165) is 6.42 Å². The molecule has 4 atom stereocenters. The van der Waals surface area contributed by atoms with Crippen LogP contribution >= 0.6 is 12.4 Å². The molecule has 0 aliphatic heterocycles. The summed E-state index contributed by atoms with van der Waals surface area (Å²) in [6, 6.07) is 0.338. The van der Waals surface area contributed by atoms with E-state index in [1.165, 1.54) is 0 Å². The van der Waals surface area contributed by atoms with Crippen molar-refractivity contribution in [3.8, 4) is 0 Å². The van der Waals surface area contributed by atoms with Crippen LogP contribution in [0, 0.1) is 11.3 Å². The lowest BCUT2D eigenvalue weighted by Crippen LogP contribution is -2.76. The minimum atomic E-state index is -0.769. The van der Waals surface area contributed by atoms with Crippen LogP contribution < -0.4 is 11.1 Å². The smallest absolute Gasteiger partial charge is 0.241 e. The molecule has 2 saturated carbocycles. The molecule has 2 rings (SSSR count). The van der Waals surface area contributed by atoms with Crippen LogP contribution in [0.5, 0.6) is 0 Å². The Bertz CT molecular complexity index is 335. The highest BCUT2D eigenvalue weighted by atomic mass is 35.5. The maximum atomic E-state index is 12.2. The number of amides is 1. The Morgan fingerprint density at radius 1 is 1.50 bits per heavy atom. The number of rotatable bonds is 4. The number of hydrogen-bond acceptors (Lipinski definition) is 3. The number of carbonyl (C=O) groups excluding carboxylic acids is 1. The van der Waals surface area contributed by atoms with E-state index in [-0.39, 0.29) is 29.8 Å². The van der Waals surface area contributed by atoms with Crippen molar-refractivity contribution >= 4 is 18.3 Å². The second-order valence-electron chi connectivity index (χ2n) is 6.13. The van der Waals surface area contributed by atoms with Crippen LogP contribution in [0.1, 0.15) is 40.5 Å². The van der Waals surface area contributed by atoms with E-state index in [0.29, 0.717) is 25.0 Å². The van der Waals surface area contributed by atoms with Gasteiger partial charge in [0.2, 0.25) is 5.91 Å². The first-order valence-corrected chi connectivity index (χ1v) is 6.54. The molecule has 0 aromatic carbocycles. The SMILES string of the molecule is CCOC1CC(N)(C(=O)NC2CC2C)C1(C)C.Cl. The van der Waals surface area contributed by atoms with E-state index in [1.54, 1.807) is 0 Å². The van der Waals surface area contributed by atoms with Crippen LogP contribution in [-0.2, 0) is 9.53 Å². The molecule has 0 saturated heterocycles. The molecule has 3 N–H and O–H groups in total. The molecule has 2 fully saturated rings. The lowest BCUT2D eigenvalue weighted by Gasteiger charge is -2.57. The summed E-state index contributed by atoms with van der Waals surface area (Å²) in [6.45, 7) is 8.83. The minimum absolute atomic E-state index is 0. The third kappa shape index (κ3) is 2.26. The third-order valence-corrected chi connectivity index (χ3v) is 4.66. The first kappa shape index (κ1) is 15.7. The molecule has 106 valence electrons. The van der Waals surface area contributed by atoms with Gasteiger partial charge in [0, 0.05) is 24.5 Å². The highest BCUT2D eigenvalue weighted by Gasteiger charge is 2.63. The van der Waals surface area contributed by atoms with Gasteiger partial charge in [-0.25, -0.2) is 0 Å². The minimum Gasteiger partial charge on any atom is -0.378 e. The van der Waals surface area contributed by atoms with E-state index in [4.69, 9.17) is 10.5 Å². The second kappa shape index (κ2) is 4.99. The maximum absolute atomic E-state index is 12.2. The average Bonchev–Trinajstić information content (AvgIpc) is 2.93. The predicted octanol–water partition coefficient (Wildman–Crippen LogP) is 1.47. The second-order valence-corrected chi connectivity index (χ2v) is 6.13. The zero-order chi connectivity index (χ0) is 12.8. The number of ether oxygens (including phenoxy) is 1. The number of nitrogens with two attached hydrogens (primary N) is 1. The largest absolute Gasteiger partial charge is 0.378 e. The number of hydrogen-bond donors (Lipinski definition) is 2. The summed E-state index contributed by atoms with van der Waals surface area (Å²) in [4.78, 5) is 12.2. The molecule has 5 heteroatoms. The van der Waals surface area contributed by atoms with Crippen LogP contribution in [0.2, 0.25) is 0 Å². The highest BCUT2D eigenvalue weighted by Crippen LogP contribution is 2.50. The lowest BCUT2D eigenvalue weighted by molar-refractivity contribution is -0.170. The van der Waals surface area contributed by atoms with Crippen LogP contribution in [0.4, 0.5) is 0 Å². The fourth-order valence-electron chi connectivity index (χ4n) is 2.64. The van der Waals surface area contributed by atoms with Crippen molar-refractivity contribution < 1.29 is 9.53 Å². The Morgan fingerprint density at radius 3 is 2.44 bits per heavy atom. The molecule has 2 aliphatic rings. The lowest BCUT2D eigenvalue weighted by atomic mass is 9.54. The van der Waals surface area contributed by atoms with Gasteiger partial charge in [-0.05, 0) is 19.3 Å². The first-order valence-electron chi connectivity index (χ1n) is 6.54. The van der Waals surface area contributed by atoms with E-state index < -0.39 is 5.54 Å². The van der Waals surface area contributed by atoms with Crippen LogP contribution in [-0.4, -0.2) is 30.2 Å². The van der Waals surface area contributed by atoms with Crippen molar-refractivity contribution in [2.24, 2.45) is 17.1 Å². The Kier molecular flexibility index (Phi) is 4.36. The van der Waals surface area contributed by atoms with E-state index >= 15 is 0 Å². The number of carbonyl (C=O) groups is 1. The van der Waals surface area contributed by atoms with Gasteiger partial charge in [0.15, 0.2) is 0 Å². The molecule has 2 aliphatic carbocycles. The van der Waals surface area contributed by atoms with Gasteiger partial charge in [-0.3, -0.25) is 4.79 Å². The molecule has 0 heterocycles. The zero-order valence-corrected chi connectivity index (χ0v) is 12.5. The molecule has 4 unspecified atom stereocenters. The van der Waals surface area contributed by atoms with Gasteiger partial charge in [-0.1, -0.05) is 20.8 Å².